The highest BCUT2D eigenvalue weighted by Crippen LogP contribution is 2.32. The quantitative estimate of drug-likeness (QED) is 0.0943. The van der Waals surface area contributed by atoms with Crippen LogP contribution in [0.4, 0.5) is 30.7 Å². The SMILES string of the molecule is Cc1cc(O)ccc1Cl.Cc1cc(Oc2c(F)cc(C=O)cc2F)ccc1Cl.Cc1cc(Oc2c(F)cc(CO)cc2F)ccc1Cl.O=Cc1cc(F)c(F)c(F)c1. The molecule has 6 nitrogen and oxygen atoms in total. The Kier molecular flexibility index (Phi) is 17.6. The second-order valence-electron chi connectivity index (χ2n) is 11.9. The highest BCUT2D eigenvalue weighted by molar-refractivity contribution is 6.32. The summed E-state index contributed by atoms with van der Waals surface area (Å²) in [7, 11) is 0. The van der Waals surface area contributed by atoms with E-state index in [2.05, 4.69) is 0 Å². The molecule has 0 aliphatic heterocycles. The minimum absolute atomic E-state index is 0.0883. The molecule has 0 aliphatic carbocycles. The number of benzene rings is 6. The molecule has 0 unspecified atom stereocenters. The van der Waals surface area contributed by atoms with E-state index in [4.69, 9.17) is 54.5 Å². The molecular weight excluding hydrogens is 840 g/mol. The number of aryl methyl sites for hydroxylation is 3. The lowest BCUT2D eigenvalue weighted by Crippen LogP contribution is -1.96. The maximum atomic E-state index is 13.7. The standard InChI is InChI=1S/C14H11ClF2O2.C14H9ClF2O2.C7H7ClO.C7H3F3O/c2*1-8-4-10(2-3-11(8)15)19-14-12(16)5-9(7-18)6-13(14)17;1-5-4-6(9)2-3-7(5)8;8-5-1-4(3-11)2-6(9)7(5)10/h2-6,18H,7H2,1H3;2-7H,1H3;2-4,9H,1H3;1-3H. The number of phenolic OH excluding ortho intramolecular Hbond substituents is 1. The summed E-state index contributed by atoms with van der Waals surface area (Å²) in [6, 6.07) is 19.3. The summed E-state index contributed by atoms with van der Waals surface area (Å²) in [4.78, 5) is 20.4. The summed E-state index contributed by atoms with van der Waals surface area (Å²) >= 11 is 17.4. The van der Waals surface area contributed by atoms with Gasteiger partial charge in [-0.1, -0.05) is 34.8 Å². The third-order valence-corrected chi connectivity index (χ3v) is 8.65. The molecule has 304 valence electrons. The van der Waals surface area contributed by atoms with E-state index >= 15 is 0 Å². The topological polar surface area (TPSA) is 93.1 Å². The van der Waals surface area contributed by atoms with E-state index in [1.165, 1.54) is 12.1 Å². The molecule has 0 heterocycles. The number of carbonyl (C=O) groups excluding carboxylic acids is 2. The van der Waals surface area contributed by atoms with Crippen molar-refractivity contribution >= 4 is 47.4 Å². The number of aromatic hydroxyl groups is 1. The summed E-state index contributed by atoms with van der Waals surface area (Å²) in [5, 5.41) is 19.5. The average molecular weight is 870 g/mol. The van der Waals surface area contributed by atoms with E-state index in [-0.39, 0.29) is 40.2 Å². The van der Waals surface area contributed by atoms with Crippen LogP contribution in [0.25, 0.3) is 0 Å². The van der Waals surface area contributed by atoms with Gasteiger partial charge in [0.1, 0.15) is 29.8 Å². The number of aliphatic hydroxyl groups excluding tert-OH is 1. The van der Waals surface area contributed by atoms with Crippen LogP contribution >= 0.6 is 34.8 Å². The number of hydrogen-bond donors (Lipinski definition) is 2. The van der Waals surface area contributed by atoms with Crippen LogP contribution in [0.3, 0.4) is 0 Å². The Labute approximate surface area is 342 Å². The van der Waals surface area contributed by atoms with Gasteiger partial charge < -0.3 is 19.7 Å². The highest BCUT2D eigenvalue weighted by atomic mass is 35.5. The highest BCUT2D eigenvalue weighted by Gasteiger charge is 2.15. The largest absolute Gasteiger partial charge is 0.508 e. The zero-order valence-corrected chi connectivity index (χ0v) is 32.6. The van der Waals surface area contributed by atoms with Crippen molar-refractivity contribution in [3.05, 3.63) is 180 Å². The van der Waals surface area contributed by atoms with E-state index in [1.807, 2.05) is 6.92 Å². The number of rotatable bonds is 7. The summed E-state index contributed by atoms with van der Waals surface area (Å²) in [5.41, 5.74) is 2.21. The fourth-order valence-electron chi connectivity index (χ4n) is 4.42. The van der Waals surface area contributed by atoms with E-state index < -0.39 is 58.8 Å². The fourth-order valence-corrected chi connectivity index (χ4v) is 4.77. The van der Waals surface area contributed by atoms with Gasteiger partial charge in [0, 0.05) is 26.2 Å². The Balaban J connectivity index is 0.000000217. The maximum Gasteiger partial charge on any atom is 0.198 e. The molecule has 0 atom stereocenters. The zero-order chi connectivity index (χ0) is 43.3. The zero-order valence-electron chi connectivity index (χ0n) is 30.3. The van der Waals surface area contributed by atoms with Gasteiger partial charge in [0.15, 0.2) is 52.2 Å². The molecule has 6 aromatic carbocycles. The van der Waals surface area contributed by atoms with Crippen LogP contribution in [0.1, 0.15) is 43.0 Å². The van der Waals surface area contributed by atoms with Gasteiger partial charge in [-0.2, -0.15) is 0 Å². The molecule has 0 radical (unpaired) electrons. The van der Waals surface area contributed by atoms with E-state index in [0.29, 0.717) is 33.5 Å². The predicted octanol–water partition coefficient (Wildman–Crippen LogP) is 13.0. The van der Waals surface area contributed by atoms with E-state index in [9.17, 15) is 40.3 Å². The third-order valence-electron chi connectivity index (χ3n) is 7.38. The van der Waals surface area contributed by atoms with Gasteiger partial charge in [-0.15, -0.1) is 0 Å². The van der Waals surface area contributed by atoms with Gasteiger partial charge >= 0.3 is 0 Å². The molecule has 6 rings (SSSR count). The minimum Gasteiger partial charge on any atom is -0.508 e. The first-order valence-electron chi connectivity index (χ1n) is 16.3. The van der Waals surface area contributed by atoms with Gasteiger partial charge in [-0.25, -0.2) is 30.7 Å². The number of carbonyl (C=O) groups is 2. The number of halogens is 10. The predicted molar refractivity (Wildman–Crippen MR) is 206 cm³/mol. The van der Waals surface area contributed by atoms with Crippen LogP contribution in [-0.2, 0) is 6.61 Å². The Morgan fingerprint density at radius 3 is 1.19 bits per heavy atom. The van der Waals surface area contributed by atoms with Crippen LogP contribution < -0.4 is 9.47 Å². The van der Waals surface area contributed by atoms with Crippen molar-refractivity contribution in [1.82, 2.24) is 0 Å². The molecule has 0 saturated carbocycles. The minimum atomic E-state index is -1.56. The van der Waals surface area contributed by atoms with Crippen LogP contribution in [0.2, 0.25) is 15.1 Å². The van der Waals surface area contributed by atoms with Gasteiger partial charge in [0.2, 0.25) is 0 Å². The summed E-state index contributed by atoms with van der Waals surface area (Å²) in [5.74, 6) is -8.11. The van der Waals surface area contributed by atoms with Crippen molar-refractivity contribution in [3.63, 3.8) is 0 Å². The fraction of sp³-hybridized carbons (Fsp3) is 0.0952. The van der Waals surface area contributed by atoms with Crippen molar-refractivity contribution in [2.24, 2.45) is 0 Å². The molecule has 6 aromatic rings. The number of ether oxygens (including phenoxy) is 2. The molecule has 0 amide bonds. The van der Waals surface area contributed by atoms with E-state index in [0.717, 1.165) is 41.0 Å². The Hall–Kier alpha value is -5.60. The van der Waals surface area contributed by atoms with Crippen LogP contribution in [-0.4, -0.2) is 22.8 Å². The smallest absolute Gasteiger partial charge is 0.198 e. The van der Waals surface area contributed by atoms with Crippen LogP contribution in [0.15, 0.2) is 91.0 Å². The molecule has 0 fully saturated rings. The molecule has 0 aliphatic rings. The first kappa shape index (κ1) is 46.8. The normalized spacial score (nSPS) is 10.2. The van der Waals surface area contributed by atoms with Crippen molar-refractivity contribution < 1.29 is 60.0 Å². The number of hydrogen-bond acceptors (Lipinski definition) is 6. The molecular formula is C42H30Cl3F7O6. The Bertz CT molecular complexity index is 2340. The Morgan fingerprint density at radius 1 is 0.517 bits per heavy atom. The number of aliphatic hydroxyl groups is 1. The van der Waals surface area contributed by atoms with Crippen molar-refractivity contribution in [1.29, 1.82) is 0 Å². The van der Waals surface area contributed by atoms with Crippen LogP contribution in [0.5, 0.6) is 28.7 Å². The van der Waals surface area contributed by atoms with E-state index in [1.54, 1.807) is 56.3 Å². The van der Waals surface area contributed by atoms with Crippen molar-refractivity contribution in [2.75, 3.05) is 0 Å². The summed E-state index contributed by atoms with van der Waals surface area (Å²) in [6.45, 7) is 4.92. The molecule has 0 aromatic heterocycles. The molecule has 0 bridgehead atoms. The number of phenols is 1. The lowest BCUT2D eigenvalue weighted by molar-refractivity contribution is 0.111. The van der Waals surface area contributed by atoms with Crippen molar-refractivity contribution in [3.8, 4) is 28.7 Å². The molecule has 0 saturated heterocycles. The first-order valence-corrected chi connectivity index (χ1v) is 17.5. The lowest BCUT2D eigenvalue weighted by Gasteiger charge is -2.10. The van der Waals surface area contributed by atoms with Crippen LogP contribution in [0, 0.1) is 61.5 Å². The van der Waals surface area contributed by atoms with Gasteiger partial charge in [-0.3, -0.25) is 9.59 Å². The summed E-state index contributed by atoms with van der Waals surface area (Å²) < 4.78 is 102. The molecule has 58 heavy (non-hydrogen) atoms. The number of aldehydes is 2. The monoisotopic (exact) mass is 868 g/mol. The average Bonchev–Trinajstić information content (AvgIpc) is 3.18. The lowest BCUT2D eigenvalue weighted by atomic mass is 10.2. The maximum absolute atomic E-state index is 13.7. The third kappa shape index (κ3) is 13.5. The van der Waals surface area contributed by atoms with Gasteiger partial charge in [0.05, 0.1) is 6.61 Å². The molecule has 0 spiro atoms. The Morgan fingerprint density at radius 2 is 0.862 bits per heavy atom. The van der Waals surface area contributed by atoms with Crippen molar-refractivity contribution in [2.45, 2.75) is 27.4 Å². The van der Waals surface area contributed by atoms with Gasteiger partial charge in [0.25, 0.3) is 0 Å². The molecule has 2 N–H and O–H groups in total. The summed E-state index contributed by atoms with van der Waals surface area (Å²) in [6.07, 6.45) is 0.605. The van der Waals surface area contributed by atoms with Gasteiger partial charge in [-0.05, 0) is 134 Å². The second-order valence-corrected chi connectivity index (χ2v) is 13.1. The molecule has 16 heteroatoms. The first-order chi connectivity index (χ1) is 27.4. The second kappa shape index (κ2) is 21.8.